The van der Waals surface area contributed by atoms with Crippen LogP contribution in [0.15, 0.2) is 24.3 Å². The molecule has 1 aromatic rings. The zero-order chi connectivity index (χ0) is 13.7. The molecule has 1 unspecified atom stereocenters. The molecule has 1 aliphatic rings. The van der Waals surface area contributed by atoms with Crippen molar-refractivity contribution in [2.45, 2.75) is 38.8 Å². The molecular formula is C15H21NO3. The van der Waals surface area contributed by atoms with Crippen LogP contribution in [-0.2, 0) is 16.1 Å². The molecule has 1 aliphatic heterocycles. The Morgan fingerprint density at radius 2 is 2.32 bits per heavy atom. The van der Waals surface area contributed by atoms with E-state index in [-0.39, 0.29) is 18.6 Å². The second kappa shape index (κ2) is 6.57. The smallest absolute Gasteiger partial charge is 0.328 e. The summed E-state index contributed by atoms with van der Waals surface area (Å²) < 4.78 is 5.16. The first kappa shape index (κ1) is 13.9. The van der Waals surface area contributed by atoms with Crippen LogP contribution >= 0.6 is 0 Å². The number of aliphatic hydroxyl groups excluding tert-OH is 1. The zero-order valence-corrected chi connectivity index (χ0v) is 11.3. The van der Waals surface area contributed by atoms with Gasteiger partial charge in [0.15, 0.2) is 0 Å². The number of anilines is 1. The van der Waals surface area contributed by atoms with E-state index in [4.69, 9.17) is 4.74 Å². The predicted molar refractivity (Wildman–Crippen MR) is 74.0 cm³/mol. The summed E-state index contributed by atoms with van der Waals surface area (Å²) in [6, 6.07) is 7.53. The van der Waals surface area contributed by atoms with E-state index in [9.17, 15) is 9.90 Å². The maximum Gasteiger partial charge on any atom is 0.328 e. The average molecular weight is 263 g/mol. The number of hydrogen-bond acceptors (Lipinski definition) is 4. The quantitative estimate of drug-likeness (QED) is 0.845. The Labute approximate surface area is 114 Å². The van der Waals surface area contributed by atoms with Crippen LogP contribution in [0.1, 0.15) is 31.7 Å². The maximum atomic E-state index is 12.0. The summed E-state index contributed by atoms with van der Waals surface area (Å²) in [6.07, 6.45) is 2.97. The molecule has 0 radical (unpaired) electrons. The van der Waals surface area contributed by atoms with E-state index in [1.807, 2.05) is 31.2 Å². The van der Waals surface area contributed by atoms with Crippen molar-refractivity contribution in [2.24, 2.45) is 0 Å². The van der Waals surface area contributed by atoms with E-state index in [0.717, 1.165) is 37.1 Å². The highest BCUT2D eigenvalue weighted by molar-refractivity contribution is 5.80. The molecule has 1 fully saturated rings. The molecule has 1 atom stereocenters. The van der Waals surface area contributed by atoms with Gasteiger partial charge in [-0.2, -0.15) is 0 Å². The molecule has 1 saturated heterocycles. The lowest BCUT2D eigenvalue weighted by Gasteiger charge is -2.36. The largest absolute Gasteiger partial charge is 0.464 e. The number of piperidine rings is 1. The normalized spacial score (nSPS) is 19.3. The molecule has 1 heterocycles. The highest BCUT2D eigenvalue weighted by atomic mass is 16.5. The maximum absolute atomic E-state index is 12.0. The Hall–Kier alpha value is -1.55. The summed E-state index contributed by atoms with van der Waals surface area (Å²) in [5.74, 6) is -0.142. The van der Waals surface area contributed by atoms with Crippen LogP contribution in [0.2, 0.25) is 0 Å². The zero-order valence-electron chi connectivity index (χ0n) is 11.3. The van der Waals surface area contributed by atoms with Crippen molar-refractivity contribution in [3.05, 3.63) is 29.8 Å². The fourth-order valence-electron chi connectivity index (χ4n) is 2.56. The van der Waals surface area contributed by atoms with Crippen LogP contribution < -0.4 is 4.90 Å². The molecule has 0 saturated carbocycles. The van der Waals surface area contributed by atoms with Crippen molar-refractivity contribution in [3.63, 3.8) is 0 Å². The Morgan fingerprint density at radius 1 is 1.47 bits per heavy atom. The number of carbonyl (C=O) groups excluding carboxylic acids is 1. The van der Waals surface area contributed by atoms with Gasteiger partial charge in [0.05, 0.1) is 13.2 Å². The van der Waals surface area contributed by atoms with E-state index in [1.165, 1.54) is 0 Å². The molecular weight excluding hydrogens is 242 g/mol. The van der Waals surface area contributed by atoms with Crippen molar-refractivity contribution in [1.29, 1.82) is 0 Å². The molecule has 0 aliphatic carbocycles. The minimum Gasteiger partial charge on any atom is -0.464 e. The second-order valence-corrected chi connectivity index (χ2v) is 4.79. The Kier molecular flexibility index (Phi) is 4.80. The van der Waals surface area contributed by atoms with Gasteiger partial charge < -0.3 is 14.7 Å². The van der Waals surface area contributed by atoms with E-state index in [2.05, 4.69) is 4.90 Å². The third kappa shape index (κ3) is 3.26. The SMILES string of the molecule is CCOC(=O)C1CCCCN1c1cccc(CO)c1. The summed E-state index contributed by atoms with van der Waals surface area (Å²) in [6.45, 7) is 3.13. The summed E-state index contributed by atoms with van der Waals surface area (Å²) in [5.41, 5.74) is 1.86. The van der Waals surface area contributed by atoms with Crippen molar-refractivity contribution >= 4 is 11.7 Å². The molecule has 0 spiro atoms. The molecule has 2 rings (SSSR count). The summed E-state index contributed by atoms with van der Waals surface area (Å²) in [4.78, 5) is 14.1. The van der Waals surface area contributed by atoms with Crippen LogP contribution in [0.3, 0.4) is 0 Å². The first-order chi connectivity index (χ1) is 9.26. The van der Waals surface area contributed by atoms with Gasteiger partial charge in [0.25, 0.3) is 0 Å². The van der Waals surface area contributed by atoms with Gasteiger partial charge in [-0.3, -0.25) is 0 Å². The van der Waals surface area contributed by atoms with Gasteiger partial charge >= 0.3 is 5.97 Å². The first-order valence-electron chi connectivity index (χ1n) is 6.89. The molecule has 4 heteroatoms. The minimum absolute atomic E-state index is 0.0196. The van der Waals surface area contributed by atoms with Crippen LogP contribution in [0.25, 0.3) is 0 Å². The fraction of sp³-hybridized carbons (Fsp3) is 0.533. The fourth-order valence-corrected chi connectivity index (χ4v) is 2.56. The topological polar surface area (TPSA) is 49.8 Å². The van der Waals surface area contributed by atoms with Gasteiger partial charge in [-0.1, -0.05) is 12.1 Å². The summed E-state index contributed by atoms with van der Waals surface area (Å²) in [5, 5.41) is 9.21. The van der Waals surface area contributed by atoms with Crippen LogP contribution in [-0.4, -0.2) is 30.3 Å². The molecule has 1 aromatic carbocycles. The van der Waals surface area contributed by atoms with Crippen LogP contribution in [0.4, 0.5) is 5.69 Å². The highest BCUT2D eigenvalue weighted by Gasteiger charge is 2.29. The summed E-state index contributed by atoms with van der Waals surface area (Å²) >= 11 is 0. The van der Waals surface area contributed by atoms with E-state index in [0.29, 0.717) is 6.61 Å². The minimum atomic E-state index is -0.192. The number of esters is 1. The third-order valence-electron chi connectivity index (χ3n) is 3.49. The van der Waals surface area contributed by atoms with E-state index < -0.39 is 0 Å². The molecule has 0 bridgehead atoms. The molecule has 19 heavy (non-hydrogen) atoms. The van der Waals surface area contributed by atoms with Gasteiger partial charge in [0, 0.05) is 12.2 Å². The van der Waals surface area contributed by atoms with Gasteiger partial charge in [0.2, 0.25) is 0 Å². The lowest BCUT2D eigenvalue weighted by atomic mass is 10.0. The lowest BCUT2D eigenvalue weighted by Crippen LogP contribution is -2.45. The van der Waals surface area contributed by atoms with Crippen molar-refractivity contribution < 1.29 is 14.6 Å². The summed E-state index contributed by atoms with van der Waals surface area (Å²) in [7, 11) is 0. The van der Waals surface area contributed by atoms with Crippen LogP contribution in [0, 0.1) is 0 Å². The lowest BCUT2D eigenvalue weighted by molar-refractivity contribution is -0.145. The van der Waals surface area contributed by atoms with E-state index >= 15 is 0 Å². The molecule has 104 valence electrons. The predicted octanol–water partition coefficient (Wildman–Crippen LogP) is 2.10. The van der Waals surface area contributed by atoms with Crippen molar-refractivity contribution in [3.8, 4) is 0 Å². The monoisotopic (exact) mass is 263 g/mol. The van der Waals surface area contributed by atoms with Gasteiger partial charge in [-0.05, 0) is 43.9 Å². The molecule has 1 N–H and O–H groups in total. The van der Waals surface area contributed by atoms with Crippen molar-refractivity contribution in [1.82, 2.24) is 0 Å². The Bertz CT molecular complexity index is 433. The Morgan fingerprint density at radius 3 is 3.05 bits per heavy atom. The van der Waals surface area contributed by atoms with Crippen molar-refractivity contribution in [2.75, 3.05) is 18.1 Å². The molecule has 0 amide bonds. The number of nitrogens with zero attached hydrogens (tertiary/aromatic N) is 1. The third-order valence-corrected chi connectivity index (χ3v) is 3.49. The number of hydrogen-bond donors (Lipinski definition) is 1. The van der Waals surface area contributed by atoms with Gasteiger partial charge in [-0.15, -0.1) is 0 Å². The number of rotatable bonds is 4. The Balaban J connectivity index is 2.20. The molecule has 0 aromatic heterocycles. The van der Waals surface area contributed by atoms with E-state index in [1.54, 1.807) is 0 Å². The number of aliphatic hydroxyl groups is 1. The van der Waals surface area contributed by atoms with Crippen LogP contribution in [0.5, 0.6) is 0 Å². The highest BCUT2D eigenvalue weighted by Crippen LogP contribution is 2.26. The molecule has 4 nitrogen and oxygen atoms in total. The number of carbonyl (C=O) groups is 1. The standard InChI is InChI=1S/C15H21NO3/c1-2-19-15(18)14-8-3-4-9-16(14)13-7-5-6-12(10-13)11-17/h5-7,10,14,17H,2-4,8-9,11H2,1H3. The number of ether oxygens (including phenoxy) is 1. The van der Waals surface area contributed by atoms with Gasteiger partial charge in [-0.25, -0.2) is 4.79 Å². The average Bonchev–Trinajstić information content (AvgIpc) is 2.47. The van der Waals surface area contributed by atoms with Gasteiger partial charge in [0.1, 0.15) is 6.04 Å². The number of benzene rings is 1. The first-order valence-corrected chi connectivity index (χ1v) is 6.89. The second-order valence-electron chi connectivity index (χ2n) is 4.79.